The van der Waals surface area contributed by atoms with Crippen LogP contribution >= 0.6 is 0 Å². The number of nitrogens with zero attached hydrogens (tertiary/aromatic N) is 5. The van der Waals surface area contributed by atoms with Crippen molar-refractivity contribution in [3.05, 3.63) is 82.9 Å². The molecule has 0 aliphatic carbocycles. The Kier molecular flexibility index (Phi) is 7.01. The number of rotatable bonds is 8. The predicted octanol–water partition coefficient (Wildman–Crippen LogP) is 4.57. The van der Waals surface area contributed by atoms with Crippen LogP contribution in [0.2, 0.25) is 0 Å². The van der Waals surface area contributed by atoms with Gasteiger partial charge in [-0.2, -0.15) is 0 Å². The fraction of sp³-hybridized carbons (Fsp3) is 0.259. The minimum Gasteiger partial charge on any atom is -0.492 e. The molecule has 1 aliphatic heterocycles. The van der Waals surface area contributed by atoms with Crippen molar-refractivity contribution in [1.82, 2.24) is 19.8 Å². The fourth-order valence-electron chi connectivity index (χ4n) is 4.25. The van der Waals surface area contributed by atoms with Crippen LogP contribution in [0.5, 0.6) is 5.75 Å². The molecular weight excluding hydrogens is 456 g/mol. The van der Waals surface area contributed by atoms with Gasteiger partial charge >= 0.3 is 0 Å². The fourth-order valence-corrected chi connectivity index (χ4v) is 4.25. The molecule has 0 saturated carbocycles. The Morgan fingerprint density at radius 2 is 1.67 bits per heavy atom. The van der Waals surface area contributed by atoms with E-state index < -0.39 is 4.92 Å². The second-order valence-electron chi connectivity index (χ2n) is 8.83. The number of nitro groups is 1. The number of piperazine rings is 1. The molecule has 9 heteroatoms. The first-order valence-corrected chi connectivity index (χ1v) is 12.0. The Morgan fingerprint density at radius 3 is 2.44 bits per heavy atom. The first kappa shape index (κ1) is 23.7. The third-order valence-electron chi connectivity index (χ3n) is 6.33. The van der Waals surface area contributed by atoms with Crippen molar-refractivity contribution in [3.8, 4) is 17.1 Å². The molecule has 36 heavy (non-hydrogen) atoms. The number of ether oxygens (including phenoxy) is 1. The number of aromatic nitrogens is 2. The summed E-state index contributed by atoms with van der Waals surface area (Å²) in [4.78, 5) is 25.2. The number of anilines is 2. The van der Waals surface area contributed by atoms with Crippen LogP contribution in [-0.2, 0) is 0 Å². The van der Waals surface area contributed by atoms with Gasteiger partial charge in [-0.05, 0) is 49.5 Å². The second kappa shape index (κ2) is 10.7. The number of para-hydroxylation sites is 2. The maximum absolute atomic E-state index is 11.6. The first-order chi connectivity index (χ1) is 17.6. The van der Waals surface area contributed by atoms with E-state index in [0.717, 1.165) is 49.5 Å². The first-order valence-electron chi connectivity index (χ1n) is 12.0. The van der Waals surface area contributed by atoms with E-state index in [1.807, 2.05) is 48.5 Å². The van der Waals surface area contributed by atoms with Crippen LogP contribution in [0.25, 0.3) is 22.3 Å². The van der Waals surface area contributed by atoms with E-state index in [1.54, 1.807) is 18.2 Å². The van der Waals surface area contributed by atoms with Gasteiger partial charge in [-0.25, -0.2) is 9.97 Å². The summed E-state index contributed by atoms with van der Waals surface area (Å²) in [6.07, 6.45) is 0. The lowest BCUT2D eigenvalue weighted by Gasteiger charge is -2.32. The van der Waals surface area contributed by atoms with Gasteiger partial charge in [-0.3, -0.25) is 15.0 Å². The number of hydrogen-bond donors (Lipinski definition) is 1. The molecule has 1 aliphatic rings. The molecule has 9 nitrogen and oxygen atoms in total. The van der Waals surface area contributed by atoms with Gasteiger partial charge in [-0.1, -0.05) is 24.3 Å². The number of nitro benzene ring substituents is 1. The average Bonchev–Trinajstić information content (AvgIpc) is 2.90. The van der Waals surface area contributed by atoms with E-state index in [4.69, 9.17) is 4.74 Å². The minimum absolute atomic E-state index is 0.0307. The van der Waals surface area contributed by atoms with Gasteiger partial charge in [0, 0.05) is 49.9 Å². The van der Waals surface area contributed by atoms with Gasteiger partial charge in [0.15, 0.2) is 5.82 Å². The van der Waals surface area contributed by atoms with Crippen molar-refractivity contribution < 1.29 is 9.66 Å². The van der Waals surface area contributed by atoms with Crippen LogP contribution in [0.4, 0.5) is 17.2 Å². The summed E-state index contributed by atoms with van der Waals surface area (Å²) >= 11 is 0. The summed E-state index contributed by atoms with van der Waals surface area (Å²) in [7, 11) is 2.15. The number of nitrogens with one attached hydrogen (secondary N) is 1. The Bertz CT molecular complexity index is 1350. The zero-order chi connectivity index (χ0) is 24.9. The van der Waals surface area contributed by atoms with Gasteiger partial charge in [0.25, 0.3) is 5.69 Å². The minimum atomic E-state index is -0.413. The molecule has 1 fully saturated rings. The standard InChI is InChI=1S/C27H28N6O3/c1-31-14-16-32(17-15-31)18-19-36-21-12-10-20(11-13-21)28-26-22-6-2-4-8-24(22)29-27(30-26)23-7-3-5-9-25(23)33(34)35/h2-13H,14-19H2,1H3,(H,28,29,30). The smallest absolute Gasteiger partial charge is 0.280 e. The second-order valence-corrected chi connectivity index (χ2v) is 8.83. The maximum atomic E-state index is 11.6. The molecule has 2 heterocycles. The van der Waals surface area contributed by atoms with E-state index in [1.165, 1.54) is 6.07 Å². The van der Waals surface area contributed by atoms with Gasteiger partial charge < -0.3 is 15.0 Å². The van der Waals surface area contributed by atoms with Crippen LogP contribution in [0.15, 0.2) is 72.8 Å². The van der Waals surface area contributed by atoms with E-state index in [-0.39, 0.29) is 5.69 Å². The molecule has 4 aromatic rings. The van der Waals surface area contributed by atoms with Gasteiger partial charge in [0.05, 0.1) is 16.0 Å². The molecule has 1 aromatic heterocycles. The lowest BCUT2D eigenvalue weighted by molar-refractivity contribution is -0.384. The molecule has 184 valence electrons. The molecular formula is C27H28N6O3. The molecule has 0 spiro atoms. The topological polar surface area (TPSA) is 96.7 Å². The number of hydrogen-bond acceptors (Lipinski definition) is 8. The van der Waals surface area contributed by atoms with Crippen molar-refractivity contribution in [2.24, 2.45) is 0 Å². The van der Waals surface area contributed by atoms with E-state index in [0.29, 0.717) is 29.3 Å². The molecule has 5 rings (SSSR count). The zero-order valence-electron chi connectivity index (χ0n) is 20.1. The number of fused-ring (bicyclic) bond motifs is 1. The van der Waals surface area contributed by atoms with Crippen LogP contribution in [0.3, 0.4) is 0 Å². The third-order valence-corrected chi connectivity index (χ3v) is 6.33. The van der Waals surface area contributed by atoms with Crippen LogP contribution in [-0.4, -0.2) is 71.1 Å². The summed E-state index contributed by atoms with van der Waals surface area (Å²) in [5, 5.41) is 15.7. The third kappa shape index (κ3) is 5.42. The van der Waals surface area contributed by atoms with Gasteiger partial charge in [-0.15, -0.1) is 0 Å². The predicted molar refractivity (Wildman–Crippen MR) is 141 cm³/mol. The largest absolute Gasteiger partial charge is 0.492 e. The molecule has 0 bridgehead atoms. The van der Waals surface area contributed by atoms with Crippen molar-refractivity contribution in [2.45, 2.75) is 0 Å². The Morgan fingerprint density at radius 1 is 0.944 bits per heavy atom. The highest BCUT2D eigenvalue weighted by atomic mass is 16.6. The summed E-state index contributed by atoms with van der Waals surface area (Å²) in [6, 6.07) is 21.8. The molecule has 1 N–H and O–H groups in total. The summed E-state index contributed by atoms with van der Waals surface area (Å²) in [5.41, 5.74) is 1.88. The van der Waals surface area contributed by atoms with Crippen LogP contribution < -0.4 is 10.1 Å². The average molecular weight is 485 g/mol. The van der Waals surface area contributed by atoms with E-state index in [9.17, 15) is 10.1 Å². The lowest BCUT2D eigenvalue weighted by Crippen LogP contribution is -2.45. The molecule has 0 amide bonds. The van der Waals surface area contributed by atoms with Crippen molar-refractivity contribution in [1.29, 1.82) is 0 Å². The monoisotopic (exact) mass is 484 g/mol. The Labute approximate surface area is 209 Å². The maximum Gasteiger partial charge on any atom is 0.280 e. The lowest BCUT2D eigenvalue weighted by atomic mass is 10.1. The number of likely N-dealkylation sites (N-methyl/N-ethyl adjacent to an activating group) is 1. The Hall–Kier alpha value is -4.08. The van der Waals surface area contributed by atoms with Crippen molar-refractivity contribution in [2.75, 3.05) is 51.7 Å². The van der Waals surface area contributed by atoms with E-state index in [2.05, 4.69) is 32.1 Å². The molecule has 0 atom stereocenters. The molecule has 0 unspecified atom stereocenters. The normalized spacial score (nSPS) is 14.6. The Balaban J connectivity index is 1.33. The van der Waals surface area contributed by atoms with Gasteiger partial charge in [0.2, 0.25) is 0 Å². The quantitative estimate of drug-likeness (QED) is 0.287. The SMILES string of the molecule is CN1CCN(CCOc2ccc(Nc3nc(-c4ccccc4[N+](=O)[O-])nc4ccccc34)cc2)CC1. The van der Waals surface area contributed by atoms with E-state index >= 15 is 0 Å². The highest BCUT2D eigenvalue weighted by Gasteiger charge is 2.19. The van der Waals surface area contributed by atoms with Crippen molar-refractivity contribution in [3.63, 3.8) is 0 Å². The zero-order valence-corrected chi connectivity index (χ0v) is 20.1. The van der Waals surface area contributed by atoms with Gasteiger partial charge in [0.1, 0.15) is 18.2 Å². The highest BCUT2D eigenvalue weighted by Crippen LogP contribution is 2.32. The van der Waals surface area contributed by atoms with Crippen LogP contribution in [0, 0.1) is 10.1 Å². The summed E-state index contributed by atoms with van der Waals surface area (Å²) < 4.78 is 5.95. The number of benzene rings is 3. The van der Waals surface area contributed by atoms with Crippen molar-refractivity contribution >= 4 is 28.1 Å². The summed E-state index contributed by atoms with van der Waals surface area (Å²) in [6.45, 7) is 5.89. The summed E-state index contributed by atoms with van der Waals surface area (Å²) in [5.74, 6) is 1.69. The molecule has 1 saturated heterocycles. The van der Waals surface area contributed by atoms with Crippen LogP contribution in [0.1, 0.15) is 0 Å². The molecule has 0 radical (unpaired) electrons. The molecule has 3 aromatic carbocycles. The highest BCUT2D eigenvalue weighted by molar-refractivity contribution is 5.92.